The van der Waals surface area contributed by atoms with Gasteiger partial charge in [-0.1, -0.05) is 13.8 Å². The Labute approximate surface area is 67.4 Å². The minimum atomic E-state index is 0.0324. The van der Waals surface area contributed by atoms with Gasteiger partial charge < -0.3 is 10.2 Å². The van der Waals surface area contributed by atoms with Crippen molar-refractivity contribution in [2.75, 3.05) is 0 Å². The Balaban J connectivity index is 2.84. The van der Waals surface area contributed by atoms with Crippen LogP contribution in [0.3, 0.4) is 0 Å². The zero-order valence-electron chi connectivity index (χ0n) is 7.29. The number of nitrogens with two attached hydrogens (primary N) is 1. The van der Waals surface area contributed by atoms with Crippen LogP contribution in [0.15, 0.2) is 16.7 Å². The Hall–Kier alpha value is -0.760. The minimum absolute atomic E-state index is 0.0324. The van der Waals surface area contributed by atoms with E-state index >= 15 is 0 Å². The summed E-state index contributed by atoms with van der Waals surface area (Å²) in [5, 5.41) is 0. The first-order valence-corrected chi connectivity index (χ1v) is 3.92. The fraction of sp³-hybridized carbons (Fsp3) is 0.556. The second kappa shape index (κ2) is 3.09. The van der Waals surface area contributed by atoms with E-state index < -0.39 is 0 Å². The molecule has 1 aromatic rings. The molecule has 2 nitrogen and oxygen atoms in total. The Morgan fingerprint density at radius 1 is 1.45 bits per heavy atom. The van der Waals surface area contributed by atoms with E-state index in [-0.39, 0.29) is 6.04 Å². The molecule has 0 radical (unpaired) electrons. The smallest absolute Gasteiger partial charge is 0.123 e. The topological polar surface area (TPSA) is 39.2 Å². The van der Waals surface area contributed by atoms with Gasteiger partial charge >= 0.3 is 0 Å². The number of hydrogen-bond acceptors (Lipinski definition) is 2. The molecule has 0 aliphatic rings. The van der Waals surface area contributed by atoms with Crippen molar-refractivity contribution in [1.29, 1.82) is 0 Å². The lowest BCUT2D eigenvalue weighted by molar-refractivity contribution is 0.400. The van der Waals surface area contributed by atoms with Gasteiger partial charge in [-0.2, -0.15) is 0 Å². The van der Waals surface area contributed by atoms with Crippen LogP contribution in [0.25, 0.3) is 0 Å². The fourth-order valence-corrected chi connectivity index (χ4v) is 1.03. The molecule has 0 bridgehead atoms. The maximum atomic E-state index is 5.89. The molecule has 0 amide bonds. The number of rotatable bonds is 2. The van der Waals surface area contributed by atoms with Gasteiger partial charge in [-0.25, -0.2) is 0 Å². The van der Waals surface area contributed by atoms with Crippen molar-refractivity contribution >= 4 is 0 Å². The highest BCUT2D eigenvalue weighted by Crippen LogP contribution is 2.22. The molecule has 0 aliphatic heterocycles. The summed E-state index contributed by atoms with van der Waals surface area (Å²) < 4.78 is 5.26. The van der Waals surface area contributed by atoms with Crippen LogP contribution in [0.5, 0.6) is 0 Å². The van der Waals surface area contributed by atoms with E-state index in [0.717, 1.165) is 11.3 Å². The average molecular weight is 153 g/mol. The highest BCUT2D eigenvalue weighted by Gasteiger charge is 2.15. The monoisotopic (exact) mass is 153 g/mol. The fourth-order valence-electron chi connectivity index (χ4n) is 1.03. The zero-order chi connectivity index (χ0) is 8.43. The van der Waals surface area contributed by atoms with E-state index in [2.05, 4.69) is 13.8 Å². The van der Waals surface area contributed by atoms with Crippen LogP contribution < -0.4 is 5.73 Å². The third-order valence-corrected chi connectivity index (χ3v) is 1.92. The zero-order valence-corrected chi connectivity index (χ0v) is 7.29. The summed E-state index contributed by atoms with van der Waals surface area (Å²) in [6, 6.07) is 1.97. The van der Waals surface area contributed by atoms with Crippen LogP contribution in [-0.2, 0) is 0 Å². The molecule has 0 fully saturated rings. The maximum Gasteiger partial charge on any atom is 0.123 e. The summed E-state index contributed by atoms with van der Waals surface area (Å²) in [5.74, 6) is 1.35. The number of aryl methyl sites for hydroxylation is 1. The SMILES string of the molecule is Cc1ccoc1C(N)C(C)C. The van der Waals surface area contributed by atoms with Gasteiger partial charge in [0.2, 0.25) is 0 Å². The Bertz CT molecular complexity index is 227. The predicted molar refractivity (Wildman–Crippen MR) is 45.2 cm³/mol. The molecule has 1 atom stereocenters. The van der Waals surface area contributed by atoms with Gasteiger partial charge in [0.05, 0.1) is 12.3 Å². The molecule has 1 unspecified atom stereocenters. The molecule has 0 spiro atoms. The van der Waals surface area contributed by atoms with Gasteiger partial charge in [-0.15, -0.1) is 0 Å². The number of furan rings is 1. The lowest BCUT2D eigenvalue weighted by Gasteiger charge is -2.13. The summed E-state index contributed by atoms with van der Waals surface area (Å²) in [7, 11) is 0. The van der Waals surface area contributed by atoms with E-state index in [4.69, 9.17) is 10.2 Å². The average Bonchev–Trinajstić information content (AvgIpc) is 2.33. The summed E-state index contributed by atoms with van der Waals surface area (Å²) in [4.78, 5) is 0. The van der Waals surface area contributed by atoms with E-state index in [9.17, 15) is 0 Å². The molecule has 0 aromatic carbocycles. The van der Waals surface area contributed by atoms with Crippen LogP contribution in [0.1, 0.15) is 31.2 Å². The summed E-state index contributed by atoms with van der Waals surface area (Å²) in [6.45, 7) is 6.19. The van der Waals surface area contributed by atoms with Gasteiger partial charge in [0.15, 0.2) is 0 Å². The Kier molecular flexibility index (Phi) is 2.35. The molecule has 2 heteroatoms. The summed E-state index contributed by atoms with van der Waals surface area (Å²) in [6.07, 6.45) is 1.69. The van der Waals surface area contributed by atoms with Crippen molar-refractivity contribution < 1.29 is 4.42 Å². The predicted octanol–water partition coefficient (Wildman–Crippen LogP) is 2.24. The highest BCUT2D eigenvalue weighted by atomic mass is 16.3. The lowest BCUT2D eigenvalue weighted by atomic mass is 10.0. The van der Waals surface area contributed by atoms with Crippen LogP contribution in [0, 0.1) is 12.8 Å². The van der Waals surface area contributed by atoms with Crippen molar-refractivity contribution in [2.24, 2.45) is 11.7 Å². The van der Waals surface area contributed by atoms with Crippen molar-refractivity contribution in [2.45, 2.75) is 26.8 Å². The quantitative estimate of drug-likeness (QED) is 0.707. The molecule has 11 heavy (non-hydrogen) atoms. The van der Waals surface area contributed by atoms with Gasteiger partial charge in [-0.05, 0) is 24.5 Å². The second-order valence-corrected chi connectivity index (χ2v) is 3.24. The van der Waals surface area contributed by atoms with Gasteiger partial charge in [0.1, 0.15) is 5.76 Å². The molecule has 62 valence electrons. The first kappa shape index (κ1) is 8.34. The molecule has 1 aromatic heterocycles. The molecule has 1 rings (SSSR count). The minimum Gasteiger partial charge on any atom is -0.467 e. The molecule has 2 N–H and O–H groups in total. The highest BCUT2D eigenvalue weighted by molar-refractivity contribution is 5.18. The molecule has 0 aliphatic carbocycles. The first-order chi connectivity index (χ1) is 5.13. The normalized spacial score (nSPS) is 13.9. The van der Waals surface area contributed by atoms with E-state index in [1.54, 1.807) is 6.26 Å². The Morgan fingerprint density at radius 2 is 2.09 bits per heavy atom. The van der Waals surface area contributed by atoms with E-state index in [1.165, 1.54) is 0 Å². The van der Waals surface area contributed by atoms with E-state index in [1.807, 2.05) is 13.0 Å². The molecular formula is C9H15NO. The second-order valence-electron chi connectivity index (χ2n) is 3.24. The summed E-state index contributed by atoms with van der Waals surface area (Å²) >= 11 is 0. The largest absolute Gasteiger partial charge is 0.467 e. The van der Waals surface area contributed by atoms with Crippen LogP contribution >= 0.6 is 0 Å². The van der Waals surface area contributed by atoms with E-state index in [0.29, 0.717) is 5.92 Å². The van der Waals surface area contributed by atoms with Crippen molar-refractivity contribution in [3.8, 4) is 0 Å². The summed E-state index contributed by atoms with van der Waals surface area (Å²) in [5.41, 5.74) is 7.03. The van der Waals surface area contributed by atoms with Gasteiger partial charge in [-0.3, -0.25) is 0 Å². The molecule has 0 saturated heterocycles. The standard InChI is InChI=1S/C9H15NO/c1-6(2)8(10)9-7(3)4-5-11-9/h4-6,8H,10H2,1-3H3. The Morgan fingerprint density at radius 3 is 2.45 bits per heavy atom. The van der Waals surface area contributed by atoms with Gasteiger partial charge in [0, 0.05) is 0 Å². The molecule has 0 saturated carbocycles. The third-order valence-electron chi connectivity index (χ3n) is 1.92. The lowest BCUT2D eigenvalue weighted by Crippen LogP contribution is -2.16. The van der Waals surface area contributed by atoms with Crippen LogP contribution in [0.4, 0.5) is 0 Å². The molecule has 1 heterocycles. The van der Waals surface area contributed by atoms with Crippen molar-refractivity contribution in [3.63, 3.8) is 0 Å². The number of hydrogen-bond donors (Lipinski definition) is 1. The van der Waals surface area contributed by atoms with Crippen LogP contribution in [-0.4, -0.2) is 0 Å². The van der Waals surface area contributed by atoms with Crippen LogP contribution in [0.2, 0.25) is 0 Å². The van der Waals surface area contributed by atoms with Gasteiger partial charge in [0.25, 0.3) is 0 Å². The van der Waals surface area contributed by atoms with Crippen molar-refractivity contribution in [3.05, 3.63) is 23.7 Å². The maximum absolute atomic E-state index is 5.89. The third kappa shape index (κ3) is 1.63. The van der Waals surface area contributed by atoms with Crippen molar-refractivity contribution in [1.82, 2.24) is 0 Å². The molecular weight excluding hydrogens is 138 g/mol. The first-order valence-electron chi connectivity index (χ1n) is 3.92.